The van der Waals surface area contributed by atoms with E-state index in [1.165, 1.54) is 244 Å². The molecular formula is C66H122O6. The van der Waals surface area contributed by atoms with Crippen molar-refractivity contribution in [3.8, 4) is 0 Å². The van der Waals surface area contributed by atoms with Gasteiger partial charge in [-0.1, -0.05) is 288 Å². The molecule has 422 valence electrons. The molecule has 72 heavy (non-hydrogen) atoms. The van der Waals surface area contributed by atoms with Crippen LogP contribution in [0.1, 0.15) is 348 Å². The van der Waals surface area contributed by atoms with Crippen molar-refractivity contribution in [2.75, 3.05) is 13.2 Å². The number of hydrogen-bond acceptors (Lipinski definition) is 6. The Bertz CT molecular complexity index is 1210. The Balaban J connectivity index is 4.05. The van der Waals surface area contributed by atoms with Crippen LogP contribution in [0.15, 0.2) is 36.5 Å². The van der Waals surface area contributed by atoms with E-state index >= 15 is 0 Å². The van der Waals surface area contributed by atoms with Gasteiger partial charge in [-0.3, -0.25) is 14.4 Å². The number of carbonyl (C=O) groups is 3. The van der Waals surface area contributed by atoms with E-state index in [9.17, 15) is 14.4 Å². The lowest BCUT2D eigenvalue weighted by Gasteiger charge is -2.18. The number of esters is 3. The monoisotopic (exact) mass is 1010 g/mol. The molecule has 1 atom stereocenters. The number of ether oxygens (including phenoxy) is 3. The topological polar surface area (TPSA) is 78.9 Å². The van der Waals surface area contributed by atoms with Gasteiger partial charge in [0.25, 0.3) is 0 Å². The fourth-order valence-electron chi connectivity index (χ4n) is 9.53. The molecule has 0 spiro atoms. The van der Waals surface area contributed by atoms with Crippen LogP contribution in [-0.2, 0) is 28.6 Å². The first-order valence-electron chi connectivity index (χ1n) is 32.0. The average molecular weight is 1010 g/mol. The normalized spacial score (nSPS) is 12.2. The summed E-state index contributed by atoms with van der Waals surface area (Å²) in [4.78, 5) is 38.0. The van der Waals surface area contributed by atoms with Gasteiger partial charge >= 0.3 is 17.9 Å². The van der Waals surface area contributed by atoms with Gasteiger partial charge in [0.2, 0.25) is 0 Å². The van der Waals surface area contributed by atoms with Gasteiger partial charge in [-0.2, -0.15) is 0 Å². The molecule has 0 aliphatic heterocycles. The highest BCUT2D eigenvalue weighted by atomic mass is 16.6. The van der Waals surface area contributed by atoms with Crippen LogP contribution in [0.3, 0.4) is 0 Å². The zero-order valence-corrected chi connectivity index (χ0v) is 48.5. The summed E-state index contributed by atoms with van der Waals surface area (Å²) in [5.41, 5.74) is 0. The summed E-state index contributed by atoms with van der Waals surface area (Å²) < 4.78 is 16.8. The summed E-state index contributed by atoms with van der Waals surface area (Å²) in [6, 6.07) is 0. The summed E-state index contributed by atoms with van der Waals surface area (Å²) in [6.07, 6.45) is 74.8. The van der Waals surface area contributed by atoms with Gasteiger partial charge in [0, 0.05) is 19.3 Å². The predicted octanol–water partition coefficient (Wildman–Crippen LogP) is 21.6. The molecule has 0 aromatic carbocycles. The van der Waals surface area contributed by atoms with Crippen LogP contribution in [0.25, 0.3) is 0 Å². The van der Waals surface area contributed by atoms with Crippen LogP contribution in [-0.4, -0.2) is 37.2 Å². The highest BCUT2D eigenvalue weighted by Gasteiger charge is 2.19. The van der Waals surface area contributed by atoms with Crippen LogP contribution < -0.4 is 0 Å². The fourth-order valence-corrected chi connectivity index (χ4v) is 9.53. The number of unbranched alkanes of at least 4 members (excludes halogenated alkanes) is 42. The fraction of sp³-hybridized carbons (Fsp3) is 0.864. The molecule has 0 fully saturated rings. The molecule has 0 heterocycles. The van der Waals surface area contributed by atoms with Crippen molar-refractivity contribution >= 4 is 17.9 Å². The number of hydrogen-bond donors (Lipinski definition) is 0. The number of allylic oxidation sites excluding steroid dienone is 6. The third kappa shape index (κ3) is 58.5. The SMILES string of the molecule is CCCCCCC/C=C\C/C=C\CCCCCCCCCCCCCCCC(=O)OCC(COC(=O)CCCCCCCC)OC(=O)CCCCCCCCCCCCC/C=C\CCCCCCCCCC. The molecule has 6 nitrogen and oxygen atoms in total. The summed E-state index contributed by atoms with van der Waals surface area (Å²) in [5.74, 6) is -0.861. The standard InChI is InChI=1S/C66H122O6/c1-4-7-10-13-16-18-20-22-24-26-28-30-32-33-35-36-38-40-42-44-46-48-50-53-56-59-65(68)71-62-63(61-70-64(67)58-55-52-15-12-9-6-3)72-66(69)60-57-54-51-49-47-45-43-41-39-37-34-31-29-27-25-23-21-19-17-14-11-8-5-2/h20,22,26-29,63H,4-19,21,23-25,30-62H2,1-3H3/b22-20-,28-26-,29-27-. The first-order chi connectivity index (χ1) is 35.5. The van der Waals surface area contributed by atoms with Crippen LogP contribution in [0.4, 0.5) is 0 Å². The van der Waals surface area contributed by atoms with E-state index in [2.05, 4.69) is 57.2 Å². The van der Waals surface area contributed by atoms with Crippen molar-refractivity contribution in [2.24, 2.45) is 0 Å². The van der Waals surface area contributed by atoms with E-state index in [0.29, 0.717) is 19.3 Å². The van der Waals surface area contributed by atoms with E-state index < -0.39 is 6.10 Å². The average Bonchev–Trinajstić information content (AvgIpc) is 3.38. The quantitative estimate of drug-likeness (QED) is 0.0261. The first kappa shape index (κ1) is 69.6. The smallest absolute Gasteiger partial charge is 0.306 e. The molecule has 0 rings (SSSR count). The van der Waals surface area contributed by atoms with Gasteiger partial charge in [0.05, 0.1) is 0 Å². The van der Waals surface area contributed by atoms with E-state index in [1.807, 2.05) is 0 Å². The third-order valence-corrected chi connectivity index (χ3v) is 14.4. The molecule has 0 bridgehead atoms. The zero-order valence-electron chi connectivity index (χ0n) is 48.5. The molecule has 0 aromatic rings. The third-order valence-electron chi connectivity index (χ3n) is 14.4. The predicted molar refractivity (Wildman–Crippen MR) is 312 cm³/mol. The first-order valence-corrected chi connectivity index (χ1v) is 32.0. The lowest BCUT2D eigenvalue weighted by Crippen LogP contribution is -2.30. The van der Waals surface area contributed by atoms with Gasteiger partial charge < -0.3 is 14.2 Å². The van der Waals surface area contributed by atoms with E-state index in [-0.39, 0.29) is 31.1 Å². The molecule has 0 saturated carbocycles. The van der Waals surface area contributed by atoms with Crippen molar-refractivity contribution in [1.82, 2.24) is 0 Å². The Kier molecular flexibility index (Phi) is 59.2. The minimum absolute atomic E-state index is 0.0693. The molecule has 0 aliphatic carbocycles. The maximum absolute atomic E-state index is 12.8. The molecule has 0 radical (unpaired) electrons. The van der Waals surface area contributed by atoms with Crippen LogP contribution in [0.5, 0.6) is 0 Å². The summed E-state index contributed by atoms with van der Waals surface area (Å²) in [7, 11) is 0. The van der Waals surface area contributed by atoms with Crippen molar-refractivity contribution in [1.29, 1.82) is 0 Å². The lowest BCUT2D eigenvalue weighted by atomic mass is 10.0. The highest BCUT2D eigenvalue weighted by molar-refractivity contribution is 5.71. The largest absolute Gasteiger partial charge is 0.462 e. The molecule has 0 saturated heterocycles. The van der Waals surface area contributed by atoms with Gasteiger partial charge in [0.15, 0.2) is 6.10 Å². The Morgan fingerprint density at radius 1 is 0.278 bits per heavy atom. The van der Waals surface area contributed by atoms with Gasteiger partial charge in [-0.05, 0) is 77.0 Å². The maximum atomic E-state index is 12.8. The van der Waals surface area contributed by atoms with Crippen molar-refractivity contribution in [3.63, 3.8) is 0 Å². The summed E-state index contributed by atoms with van der Waals surface area (Å²) in [5, 5.41) is 0. The molecule has 0 amide bonds. The Morgan fingerprint density at radius 3 is 0.778 bits per heavy atom. The Hall–Kier alpha value is -2.37. The van der Waals surface area contributed by atoms with E-state index in [1.54, 1.807) is 0 Å². The minimum Gasteiger partial charge on any atom is -0.462 e. The summed E-state index contributed by atoms with van der Waals surface area (Å²) >= 11 is 0. The van der Waals surface area contributed by atoms with Crippen LogP contribution in [0, 0.1) is 0 Å². The second-order valence-electron chi connectivity index (χ2n) is 21.7. The molecular weight excluding hydrogens is 889 g/mol. The number of rotatable bonds is 59. The van der Waals surface area contributed by atoms with Crippen LogP contribution in [0.2, 0.25) is 0 Å². The second kappa shape index (κ2) is 61.2. The molecule has 0 aliphatic rings. The second-order valence-corrected chi connectivity index (χ2v) is 21.7. The van der Waals surface area contributed by atoms with Gasteiger partial charge in [-0.25, -0.2) is 0 Å². The van der Waals surface area contributed by atoms with Crippen LogP contribution >= 0.6 is 0 Å². The maximum Gasteiger partial charge on any atom is 0.306 e. The van der Waals surface area contributed by atoms with Gasteiger partial charge in [0.1, 0.15) is 13.2 Å². The molecule has 1 unspecified atom stereocenters. The highest BCUT2D eigenvalue weighted by Crippen LogP contribution is 2.17. The number of carbonyl (C=O) groups excluding carboxylic acids is 3. The van der Waals surface area contributed by atoms with Crippen molar-refractivity contribution < 1.29 is 28.6 Å². The van der Waals surface area contributed by atoms with Gasteiger partial charge in [-0.15, -0.1) is 0 Å². The van der Waals surface area contributed by atoms with E-state index in [0.717, 1.165) is 64.2 Å². The molecule has 0 aromatic heterocycles. The summed E-state index contributed by atoms with van der Waals surface area (Å²) in [6.45, 7) is 6.62. The molecule has 0 N–H and O–H groups in total. The van der Waals surface area contributed by atoms with Crippen molar-refractivity contribution in [3.05, 3.63) is 36.5 Å². The molecule has 6 heteroatoms. The van der Waals surface area contributed by atoms with E-state index in [4.69, 9.17) is 14.2 Å². The minimum atomic E-state index is -0.768. The lowest BCUT2D eigenvalue weighted by molar-refractivity contribution is -0.167. The Morgan fingerprint density at radius 2 is 0.500 bits per heavy atom. The Labute approximate surface area is 448 Å². The van der Waals surface area contributed by atoms with Crippen molar-refractivity contribution in [2.45, 2.75) is 354 Å². The zero-order chi connectivity index (χ0) is 52.2.